The average Bonchev–Trinajstić information content (AvgIpc) is 2.73. The zero-order valence-corrected chi connectivity index (χ0v) is 18.4. The van der Waals surface area contributed by atoms with Crippen LogP contribution in [0.2, 0.25) is 0 Å². The molecule has 33 heavy (non-hydrogen) atoms. The van der Waals surface area contributed by atoms with E-state index in [0.717, 1.165) is 60.8 Å². The highest BCUT2D eigenvalue weighted by atomic mass is 19.4. The van der Waals surface area contributed by atoms with E-state index in [4.69, 9.17) is 9.90 Å². The lowest BCUT2D eigenvalue weighted by Crippen LogP contribution is -2.56. The van der Waals surface area contributed by atoms with Gasteiger partial charge in [-0.05, 0) is 38.0 Å². The standard InChI is InChI=1S/C20H25N5O.C2HF3O2/c1-20(2)13-25(8-7-23-20)12-16-10-22-18(11-21-16)15-3-5-17-14(9-15)4-6-19(26)24-17;3-2(4,5)1(6)7/h3,5,9-11,23H,4,6-8,12-13H2,1-2H3,(H,24,26);(H,6,7). The maximum absolute atomic E-state index is 11.5. The van der Waals surface area contributed by atoms with Crippen molar-refractivity contribution < 1.29 is 27.9 Å². The van der Waals surface area contributed by atoms with Crippen molar-refractivity contribution in [3.05, 3.63) is 41.9 Å². The zero-order valence-electron chi connectivity index (χ0n) is 18.4. The molecule has 1 aromatic carbocycles. The third-order valence-corrected chi connectivity index (χ3v) is 5.28. The van der Waals surface area contributed by atoms with E-state index in [0.29, 0.717) is 6.42 Å². The van der Waals surface area contributed by atoms with Gasteiger partial charge in [0.2, 0.25) is 5.91 Å². The van der Waals surface area contributed by atoms with Crippen LogP contribution < -0.4 is 10.6 Å². The molecule has 8 nitrogen and oxygen atoms in total. The van der Waals surface area contributed by atoms with Crippen molar-refractivity contribution in [1.29, 1.82) is 0 Å². The van der Waals surface area contributed by atoms with Crippen molar-refractivity contribution in [3.8, 4) is 11.3 Å². The topological polar surface area (TPSA) is 107 Å². The summed E-state index contributed by atoms with van der Waals surface area (Å²) >= 11 is 0. The summed E-state index contributed by atoms with van der Waals surface area (Å²) in [6, 6.07) is 6.06. The highest BCUT2D eigenvalue weighted by molar-refractivity contribution is 5.94. The van der Waals surface area contributed by atoms with Gasteiger partial charge in [0, 0.05) is 49.4 Å². The van der Waals surface area contributed by atoms with Gasteiger partial charge in [-0.2, -0.15) is 13.2 Å². The summed E-state index contributed by atoms with van der Waals surface area (Å²) in [6.45, 7) is 8.33. The monoisotopic (exact) mass is 465 g/mol. The number of hydrogen-bond donors (Lipinski definition) is 3. The first-order chi connectivity index (χ1) is 15.4. The van der Waals surface area contributed by atoms with Gasteiger partial charge >= 0.3 is 12.1 Å². The summed E-state index contributed by atoms with van der Waals surface area (Å²) in [5.74, 6) is -2.67. The third kappa shape index (κ3) is 6.96. The SMILES string of the molecule is CC1(C)CN(Cc2cnc(-c3ccc4c(c3)CCC(=O)N4)cn2)CCN1.O=C(O)C(F)(F)F. The predicted molar refractivity (Wildman–Crippen MR) is 115 cm³/mol. The molecule has 178 valence electrons. The Hall–Kier alpha value is -3.05. The van der Waals surface area contributed by atoms with Crippen molar-refractivity contribution in [2.24, 2.45) is 0 Å². The number of nitrogens with one attached hydrogen (secondary N) is 2. The van der Waals surface area contributed by atoms with Crippen LogP contribution in [0.3, 0.4) is 0 Å². The highest BCUT2D eigenvalue weighted by Gasteiger charge is 2.38. The van der Waals surface area contributed by atoms with Crippen LogP contribution in [0.1, 0.15) is 31.5 Å². The molecule has 3 N–H and O–H groups in total. The number of aliphatic carboxylic acids is 1. The van der Waals surface area contributed by atoms with Gasteiger partial charge < -0.3 is 15.7 Å². The third-order valence-electron chi connectivity index (χ3n) is 5.28. The van der Waals surface area contributed by atoms with Crippen LogP contribution in [-0.4, -0.2) is 63.2 Å². The smallest absolute Gasteiger partial charge is 0.475 e. The van der Waals surface area contributed by atoms with E-state index in [2.05, 4.69) is 45.4 Å². The number of alkyl halides is 3. The number of amides is 1. The molecule has 4 rings (SSSR count). The molecule has 3 heterocycles. The first-order valence-corrected chi connectivity index (χ1v) is 10.4. The summed E-state index contributed by atoms with van der Waals surface area (Å²) in [5, 5.41) is 13.6. The number of nitrogens with zero attached hydrogens (tertiary/aromatic N) is 3. The fraction of sp³-hybridized carbons (Fsp3) is 0.455. The van der Waals surface area contributed by atoms with Crippen LogP contribution in [0.5, 0.6) is 0 Å². The van der Waals surface area contributed by atoms with Crippen LogP contribution in [0, 0.1) is 0 Å². The van der Waals surface area contributed by atoms with E-state index < -0.39 is 12.1 Å². The van der Waals surface area contributed by atoms with E-state index in [-0.39, 0.29) is 11.4 Å². The molecule has 1 fully saturated rings. The Morgan fingerprint density at radius 1 is 1.21 bits per heavy atom. The van der Waals surface area contributed by atoms with Crippen molar-refractivity contribution in [2.75, 3.05) is 25.0 Å². The van der Waals surface area contributed by atoms with Gasteiger partial charge in [-0.3, -0.25) is 19.7 Å². The van der Waals surface area contributed by atoms with E-state index in [1.165, 1.54) is 0 Å². The van der Waals surface area contributed by atoms with Gasteiger partial charge in [0.1, 0.15) is 0 Å². The molecule has 1 aromatic heterocycles. The first kappa shape index (κ1) is 24.6. The van der Waals surface area contributed by atoms with Crippen LogP contribution in [0.25, 0.3) is 11.3 Å². The van der Waals surface area contributed by atoms with Crippen LogP contribution in [0.15, 0.2) is 30.6 Å². The van der Waals surface area contributed by atoms with Crippen molar-refractivity contribution in [3.63, 3.8) is 0 Å². The Morgan fingerprint density at radius 3 is 2.55 bits per heavy atom. The largest absolute Gasteiger partial charge is 0.490 e. The summed E-state index contributed by atoms with van der Waals surface area (Å²) in [5.41, 5.74) is 5.13. The number of carbonyl (C=O) groups excluding carboxylic acids is 1. The second kappa shape index (κ2) is 9.84. The number of carbonyl (C=O) groups is 2. The molecule has 0 atom stereocenters. The minimum atomic E-state index is -5.08. The summed E-state index contributed by atoms with van der Waals surface area (Å²) in [7, 11) is 0. The molecule has 0 unspecified atom stereocenters. The predicted octanol–water partition coefficient (Wildman–Crippen LogP) is 2.85. The highest BCUT2D eigenvalue weighted by Crippen LogP contribution is 2.27. The number of carboxylic acid groups (broad SMARTS) is 1. The lowest BCUT2D eigenvalue weighted by molar-refractivity contribution is -0.192. The summed E-state index contributed by atoms with van der Waals surface area (Å²) in [6.07, 6.45) is -0.0290. The molecule has 0 bridgehead atoms. The summed E-state index contributed by atoms with van der Waals surface area (Å²) in [4.78, 5) is 32.0. The summed E-state index contributed by atoms with van der Waals surface area (Å²) < 4.78 is 31.7. The fourth-order valence-electron chi connectivity index (χ4n) is 3.74. The Kier molecular flexibility index (Phi) is 7.33. The maximum Gasteiger partial charge on any atom is 0.490 e. The molecule has 0 radical (unpaired) electrons. The van der Waals surface area contributed by atoms with Crippen LogP contribution in [-0.2, 0) is 22.6 Å². The lowest BCUT2D eigenvalue weighted by atomic mass is 9.99. The van der Waals surface area contributed by atoms with E-state index in [9.17, 15) is 18.0 Å². The fourth-order valence-corrected chi connectivity index (χ4v) is 3.74. The van der Waals surface area contributed by atoms with Gasteiger partial charge in [0.25, 0.3) is 0 Å². The molecule has 1 saturated heterocycles. The second-order valence-electron chi connectivity index (χ2n) is 8.64. The average molecular weight is 465 g/mol. The first-order valence-electron chi connectivity index (χ1n) is 10.4. The number of halogens is 3. The maximum atomic E-state index is 11.5. The molecular weight excluding hydrogens is 439 g/mol. The molecule has 0 spiro atoms. The van der Waals surface area contributed by atoms with Gasteiger partial charge in [0.15, 0.2) is 0 Å². The minimum absolute atomic E-state index is 0.0884. The van der Waals surface area contributed by atoms with Gasteiger partial charge in [-0.15, -0.1) is 0 Å². The van der Waals surface area contributed by atoms with Gasteiger partial charge in [0.05, 0.1) is 23.8 Å². The number of hydrogen-bond acceptors (Lipinski definition) is 6. The zero-order chi connectivity index (χ0) is 24.2. The molecule has 0 saturated carbocycles. The molecule has 2 aliphatic rings. The number of piperazine rings is 1. The number of anilines is 1. The van der Waals surface area contributed by atoms with E-state index >= 15 is 0 Å². The minimum Gasteiger partial charge on any atom is -0.475 e. The second-order valence-corrected chi connectivity index (χ2v) is 8.64. The van der Waals surface area contributed by atoms with Crippen molar-refractivity contribution >= 4 is 17.6 Å². The normalized spacial score (nSPS) is 17.9. The molecule has 1 amide bonds. The molecule has 11 heteroatoms. The van der Waals surface area contributed by atoms with Crippen molar-refractivity contribution in [2.45, 2.75) is 44.9 Å². The molecule has 0 aliphatic carbocycles. The van der Waals surface area contributed by atoms with Gasteiger partial charge in [-0.1, -0.05) is 6.07 Å². The number of rotatable bonds is 3. The number of benzene rings is 1. The Balaban J connectivity index is 0.000000383. The molecular formula is C22H26F3N5O3. The van der Waals surface area contributed by atoms with Crippen molar-refractivity contribution in [1.82, 2.24) is 20.2 Å². The Morgan fingerprint density at radius 2 is 1.94 bits per heavy atom. The van der Waals surface area contributed by atoms with Crippen LogP contribution in [0.4, 0.5) is 18.9 Å². The molecule has 2 aromatic rings. The van der Waals surface area contributed by atoms with Gasteiger partial charge in [-0.25, -0.2) is 4.79 Å². The Bertz CT molecular complexity index is 1010. The van der Waals surface area contributed by atoms with E-state index in [1.807, 2.05) is 24.5 Å². The molecule has 2 aliphatic heterocycles. The number of aromatic nitrogens is 2. The number of aryl methyl sites for hydroxylation is 1. The Labute approximate surface area is 189 Å². The lowest BCUT2D eigenvalue weighted by Gasteiger charge is -2.38. The number of carboxylic acids is 1. The number of fused-ring (bicyclic) bond motifs is 1. The van der Waals surface area contributed by atoms with Crippen LogP contribution >= 0.6 is 0 Å². The van der Waals surface area contributed by atoms with E-state index in [1.54, 1.807) is 0 Å². The quantitative estimate of drug-likeness (QED) is 0.640.